The van der Waals surface area contributed by atoms with Crippen LogP contribution in [0.1, 0.15) is 30.9 Å². The van der Waals surface area contributed by atoms with E-state index in [2.05, 4.69) is 0 Å². The monoisotopic (exact) mass is 411 g/mol. The number of fused-ring (bicyclic) bond motifs is 1. The molecule has 0 aliphatic carbocycles. The van der Waals surface area contributed by atoms with E-state index in [1.54, 1.807) is 6.07 Å². The van der Waals surface area contributed by atoms with Crippen LogP contribution in [0.5, 0.6) is 11.5 Å². The average molecular weight is 411 g/mol. The van der Waals surface area contributed by atoms with Gasteiger partial charge in [-0.3, -0.25) is 4.79 Å². The number of benzene rings is 2. The van der Waals surface area contributed by atoms with E-state index in [1.807, 2.05) is 60.4 Å². The van der Waals surface area contributed by atoms with Crippen molar-refractivity contribution in [2.75, 3.05) is 24.6 Å². The van der Waals surface area contributed by atoms with Gasteiger partial charge in [0.05, 0.1) is 18.8 Å². The topological polar surface area (TPSA) is 96.3 Å². The van der Waals surface area contributed by atoms with Crippen molar-refractivity contribution >= 4 is 29.8 Å². The van der Waals surface area contributed by atoms with Gasteiger partial charge in [0.15, 0.2) is 0 Å². The van der Waals surface area contributed by atoms with E-state index in [1.165, 1.54) is 0 Å². The lowest BCUT2D eigenvalue weighted by Gasteiger charge is -2.34. The van der Waals surface area contributed by atoms with Crippen LogP contribution in [0, 0.1) is 0 Å². The van der Waals surface area contributed by atoms with Crippen LogP contribution in [0.15, 0.2) is 42.5 Å². The molecule has 30 heavy (non-hydrogen) atoms. The molecule has 0 radical (unpaired) electrons. The first kappa shape index (κ1) is 21.2. The Morgan fingerprint density at radius 1 is 1.13 bits per heavy atom. The lowest BCUT2D eigenvalue weighted by molar-refractivity contribution is -0.145. The highest BCUT2D eigenvalue weighted by Crippen LogP contribution is 2.35. The Morgan fingerprint density at radius 2 is 1.83 bits per heavy atom. The number of nitrogens with zero attached hydrogens (tertiary/aromatic N) is 1. The molecule has 1 aliphatic heterocycles. The number of aliphatic carboxylic acids is 2. The van der Waals surface area contributed by atoms with Gasteiger partial charge in [-0.2, -0.15) is 0 Å². The molecule has 0 saturated heterocycles. The van der Waals surface area contributed by atoms with E-state index < -0.39 is 18.0 Å². The zero-order valence-electron chi connectivity index (χ0n) is 16.8. The highest BCUT2D eigenvalue weighted by atomic mass is 16.5. The molecule has 2 aromatic rings. The van der Waals surface area contributed by atoms with Crippen LogP contribution >= 0.6 is 0 Å². The molecular weight excluding hydrogens is 386 g/mol. The minimum atomic E-state index is -1.04. The van der Waals surface area contributed by atoms with E-state index >= 15 is 0 Å². The summed E-state index contributed by atoms with van der Waals surface area (Å²) in [7, 11) is 0. The van der Waals surface area contributed by atoms with Crippen molar-refractivity contribution in [1.29, 1.82) is 0 Å². The second-order valence-corrected chi connectivity index (χ2v) is 6.95. The van der Waals surface area contributed by atoms with Crippen molar-refractivity contribution in [2.24, 2.45) is 0 Å². The molecule has 7 heteroatoms. The van der Waals surface area contributed by atoms with Crippen LogP contribution in [0.2, 0.25) is 0 Å². The molecule has 2 aromatic carbocycles. The van der Waals surface area contributed by atoms with Gasteiger partial charge in [0.25, 0.3) is 0 Å². The second-order valence-electron chi connectivity index (χ2n) is 6.95. The number of carboxylic acid groups (broad SMARTS) is 2. The van der Waals surface area contributed by atoms with Crippen molar-refractivity contribution in [1.82, 2.24) is 0 Å². The van der Waals surface area contributed by atoms with Gasteiger partial charge in [-0.15, -0.1) is 0 Å². The fourth-order valence-electron chi connectivity index (χ4n) is 3.27. The Bertz CT molecular complexity index is 922. The largest absolute Gasteiger partial charge is 0.494 e. The normalized spacial score (nSPS) is 15.5. The Kier molecular flexibility index (Phi) is 6.95. The number of rotatable bonds is 9. The highest BCUT2D eigenvalue weighted by molar-refractivity contribution is 5.78. The first-order chi connectivity index (χ1) is 14.5. The summed E-state index contributed by atoms with van der Waals surface area (Å²) in [5, 5.41) is 18.3. The van der Waals surface area contributed by atoms with Gasteiger partial charge in [-0.05, 0) is 48.7 Å². The SMILES string of the molecule is CCOc1ccc(C=Cc2ccc3c(c2)OC(C(=O)O)CN3CCCC(=O)O)cc1. The quantitative estimate of drug-likeness (QED) is 0.606. The molecule has 1 atom stereocenters. The van der Waals surface area contributed by atoms with Crippen molar-refractivity contribution < 1.29 is 29.3 Å². The van der Waals surface area contributed by atoms with Crippen molar-refractivity contribution in [2.45, 2.75) is 25.9 Å². The van der Waals surface area contributed by atoms with Crippen LogP contribution in [0.4, 0.5) is 5.69 Å². The maximum absolute atomic E-state index is 11.5. The molecule has 1 heterocycles. The van der Waals surface area contributed by atoms with Crippen LogP contribution < -0.4 is 14.4 Å². The van der Waals surface area contributed by atoms with E-state index in [0.717, 1.165) is 22.6 Å². The minimum Gasteiger partial charge on any atom is -0.494 e. The maximum atomic E-state index is 11.5. The van der Waals surface area contributed by atoms with Crippen LogP contribution in [0.3, 0.4) is 0 Å². The van der Waals surface area contributed by atoms with Gasteiger partial charge in [-0.1, -0.05) is 30.4 Å². The summed E-state index contributed by atoms with van der Waals surface area (Å²) in [5.74, 6) is -0.607. The first-order valence-electron chi connectivity index (χ1n) is 9.87. The van der Waals surface area contributed by atoms with Gasteiger partial charge in [0.2, 0.25) is 6.10 Å². The van der Waals surface area contributed by atoms with Crippen LogP contribution in [0.25, 0.3) is 12.2 Å². The number of carboxylic acids is 2. The number of hydrogen-bond donors (Lipinski definition) is 2. The molecular formula is C23H25NO6. The Hall–Kier alpha value is -3.48. The van der Waals surface area contributed by atoms with E-state index in [0.29, 0.717) is 25.3 Å². The third-order valence-corrected chi connectivity index (χ3v) is 4.73. The van der Waals surface area contributed by atoms with Gasteiger partial charge in [0.1, 0.15) is 11.5 Å². The van der Waals surface area contributed by atoms with Crippen LogP contribution in [-0.4, -0.2) is 48.0 Å². The summed E-state index contributed by atoms with van der Waals surface area (Å²) in [4.78, 5) is 24.2. The molecule has 158 valence electrons. The fourth-order valence-corrected chi connectivity index (χ4v) is 3.27. The number of ether oxygens (including phenoxy) is 2. The molecule has 2 N–H and O–H groups in total. The van der Waals surface area contributed by atoms with Crippen molar-refractivity contribution in [3.05, 3.63) is 53.6 Å². The summed E-state index contributed by atoms with van der Waals surface area (Å²) in [6.45, 7) is 3.19. The minimum absolute atomic E-state index is 0.0351. The molecule has 3 rings (SSSR count). The third kappa shape index (κ3) is 5.53. The average Bonchev–Trinajstić information content (AvgIpc) is 2.72. The summed E-state index contributed by atoms with van der Waals surface area (Å²) in [6.07, 6.45) is 3.36. The summed E-state index contributed by atoms with van der Waals surface area (Å²) >= 11 is 0. The molecule has 7 nitrogen and oxygen atoms in total. The van der Waals surface area contributed by atoms with E-state index in [9.17, 15) is 14.7 Å². The van der Waals surface area contributed by atoms with E-state index in [4.69, 9.17) is 14.6 Å². The summed E-state index contributed by atoms with van der Waals surface area (Å²) < 4.78 is 11.1. The Morgan fingerprint density at radius 3 is 2.50 bits per heavy atom. The first-order valence-corrected chi connectivity index (χ1v) is 9.87. The number of hydrogen-bond acceptors (Lipinski definition) is 5. The Balaban J connectivity index is 1.76. The molecule has 1 unspecified atom stereocenters. The lowest BCUT2D eigenvalue weighted by Crippen LogP contribution is -2.44. The zero-order valence-corrected chi connectivity index (χ0v) is 16.8. The maximum Gasteiger partial charge on any atom is 0.346 e. The second kappa shape index (κ2) is 9.82. The number of anilines is 1. The smallest absolute Gasteiger partial charge is 0.346 e. The van der Waals surface area contributed by atoms with Gasteiger partial charge in [-0.25, -0.2) is 4.79 Å². The molecule has 0 saturated carbocycles. The third-order valence-electron chi connectivity index (χ3n) is 4.73. The molecule has 0 aromatic heterocycles. The number of carbonyl (C=O) groups is 2. The molecule has 0 fully saturated rings. The molecule has 1 aliphatic rings. The van der Waals surface area contributed by atoms with Crippen LogP contribution in [-0.2, 0) is 9.59 Å². The molecule has 0 amide bonds. The summed E-state index contributed by atoms with van der Waals surface area (Å²) in [5.41, 5.74) is 2.66. The predicted molar refractivity (Wildman–Crippen MR) is 114 cm³/mol. The fraction of sp³-hybridized carbons (Fsp3) is 0.304. The summed E-state index contributed by atoms with van der Waals surface area (Å²) in [6, 6.07) is 13.4. The van der Waals surface area contributed by atoms with Crippen molar-refractivity contribution in [3.8, 4) is 11.5 Å². The molecule has 0 spiro atoms. The standard InChI is InChI=1S/C23H25NO6/c1-2-29-18-10-7-16(8-11-18)5-6-17-9-12-19-20(14-17)30-21(23(27)28)15-24(19)13-3-4-22(25)26/h5-12,14,21H,2-4,13,15H2,1H3,(H,25,26)(H,27,28). The highest BCUT2D eigenvalue weighted by Gasteiger charge is 2.30. The predicted octanol–water partition coefficient (Wildman–Crippen LogP) is 3.77. The molecule has 0 bridgehead atoms. The van der Waals surface area contributed by atoms with E-state index in [-0.39, 0.29) is 13.0 Å². The van der Waals surface area contributed by atoms with Gasteiger partial charge >= 0.3 is 11.9 Å². The van der Waals surface area contributed by atoms with Gasteiger partial charge in [0, 0.05) is 13.0 Å². The van der Waals surface area contributed by atoms with Gasteiger partial charge < -0.3 is 24.6 Å². The zero-order chi connectivity index (χ0) is 21.5. The Labute approximate surface area is 175 Å². The van der Waals surface area contributed by atoms with Crippen molar-refractivity contribution in [3.63, 3.8) is 0 Å². The lowest BCUT2D eigenvalue weighted by atomic mass is 10.1.